The molecule has 0 aromatic heterocycles. The van der Waals surface area contributed by atoms with E-state index >= 15 is 0 Å². The molecule has 0 saturated carbocycles. The second-order valence-corrected chi connectivity index (χ2v) is 5.12. The summed E-state index contributed by atoms with van der Waals surface area (Å²) in [6, 6.07) is -0.757. The van der Waals surface area contributed by atoms with E-state index in [1.165, 1.54) is 11.8 Å². The lowest BCUT2D eigenvalue weighted by Gasteiger charge is -2.15. The van der Waals surface area contributed by atoms with Crippen molar-refractivity contribution < 1.29 is 10.0 Å². The summed E-state index contributed by atoms with van der Waals surface area (Å²) in [5, 5.41) is 20.0. The van der Waals surface area contributed by atoms with Crippen LogP contribution in [0.4, 0.5) is 0 Å². The van der Waals surface area contributed by atoms with E-state index in [-0.39, 0.29) is 10.2 Å². The predicted molar refractivity (Wildman–Crippen MR) is 52.5 cm³/mol. The Hall–Kier alpha value is -0.290. The molecule has 13 heavy (non-hydrogen) atoms. The summed E-state index contributed by atoms with van der Waals surface area (Å²) in [4.78, 5) is 10.3. The molecule has 0 aliphatic carbocycles. The normalized spacial score (nSPS) is 34.0. The summed E-state index contributed by atoms with van der Waals surface area (Å²) in [5.41, 5.74) is 0. The number of thioether (sulfide) groups is 1. The molecule has 1 rings (SSSR count). The van der Waals surface area contributed by atoms with Gasteiger partial charge in [0.1, 0.15) is 6.10 Å². The molecule has 0 spiro atoms. The van der Waals surface area contributed by atoms with Crippen LogP contribution in [0.2, 0.25) is 0 Å². The molecule has 0 aromatic carbocycles. The van der Waals surface area contributed by atoms with E-state index in [1.807, 2.05) is 13.8 Å². The van der Waals surface area contributed by atoms with Crippen LogP contribution in [0.25, 0.3) is 0 Å². The van der Waals surface area contributed by atoms with Crippen molar-refractivity contribution in [2.45, 2.75) is 37.7 Å². The van der Waals surface area contributed by atoms with Crippen molar-refractivity contribution in [2.75, 3.05) is 5.75 Å². The van der Waals surface area contributed by atoms with Crippen molar-refractivity contribution in [3.63, 3.8) is 0 Å². The molecule has 3 atom stereocenters. The van der Waals surface area contributed by atoms with Gasteiger partial charge < -0.3 is 5.11 Å². The summed E-state index contributed by atoms with van der Waals surface area (Å²) in [6.07, 6.45) is 0.0525. The molecule has 1 N–H and O–H groups in total. The van der Waals surface area contributed by atoms with E-state index in [9.17, 15) is 15.2 Å². The molecule has 1 aliphatic rings. The van der Waals surface area contributed by atoms with Gasteiger partial charge in [-0.3, -0.25) is 10.1 Å². The zero-order valence-electron chi connectivity index (χ0n) is 7.84. The monoisotopic (exact) mass is 205 g/mol. The van der Waals surface area contributed by atoms with Crippen LogP contribution in [0.3, 0.4) is 0 Å². The first-order valence-electron chi connectivity index (χ1n) is 4.45. The zero-order chi connectivity index (χ0) is 10.0. The van der Waals surface area contributed by atoms with Gasteiger partial charge in [-0.25, -0.2) is 0 Å². The predicted octanol–water partition coefficient (Wildman–Crippen LogP) is 1.15. The summed E-state index contributed by atoms with van der Waals surface area (Å²) in [6.45, 7) is 4.09. The first kappa shape index (κ1) is 10.8. The lowest BCUT2D eigenvalue weighted by molar-refractivity contribution is -0.531. The van der Waals surface area contributed by atoms with Crippen LogP contribution >= 0.6 is 11.8 Å². The maximum absolute atomic E-state index is 10.6. The van der Waals surface area contributed by atoms with Gasteiger partial charge in [0.2, 0.25) is 0 Å². The van der Waals surface area contributed by atoms with Gasteiger partial charge in [-0.1, -0.05) is 13.8 Å². The molecular weight excluding hydrogens is 190 g/mol. The standard InChI is InChI=1S/C8H15NO3S/c1-5(2)3-7-8(9(11)12)6(10)4-13-7/h5-8,10H,3-4H2,1-2H3/t6-,7+,8-/m1/s1. The molecule has 0 amide bonds. The van der Waals surface area contributed by atoms with Crippen LogP contribution in [0.1, 0.15) is 20.3 Å². The van der Waals surface area contributed by atoms with Gasteiger partial charge in [0.25, 0.3) is 6.04 Å². The highest BCUT2D eigenvalue weighted by atomic mass is 32.2. The minimum absolute atomic E-state index is 0.00926. The van der Waals surface area contributed by atoms with Crippen molar-refractivity contribution >= 4 is 11.8 Å². The number of nitro groups is 1. The van der Waals surface area contributed by atoms with Crippen LogP contribution < -0.4 is 0 Å². The van der Waals surface area contributed by atoms with Crippen molar-refractivity contribution in [3.8, 4) is 0 Å². The first-order chi connectivity index (χ1) is 6.02. The Morgan fingerprint density at radius 3 is 2.77 bits per heavy atom. The Morgan fingerprint density at radius 1 is 1.69 bits per heavy atom. The third-order valence-corrected chi connectivity index (χ3v) is 3.64. The fourth-order valence-electron chi connectivity index (χ4n) is 1.62. The Labute approximate surface area is 81.9 Å². The van der Waals surface area contributed by atoms with Gasteiger partial charge in [0.15, 0.2) is 0 Å². The fourth-order valence-corrected chi connectivity index (χ4v) is 3.26. The van der Waals surface area contributed by atoms with E-state index in [2.05, 4.69) is 0 Å². The summed E-state index contributed by atoms with van der Waals surface area (Å²) < 4.78 is 0. The number of aliphatic hydroxyl groups is 1. The number of nitrogens with zero attached hydrogens (tertiary/aromatic N) is 1. The SMILES string of the molecule is CC(C)C[C@@H]1SC[C@@H](O)[C@H]1[N+](=O)[O-]. The second-order valence-electron chi connectivity index (χ2n) is 3.84. The third-order valence-electron chi connectivity index (χ3n) is 2.20. The highest BCUT2D eigenvalue weighted by Gasteiger charge is 2.44. The average molecular weight is 205 g/mol. The number of aliphatic hydroxyl groups excluding tert-OH is 1. The van der Waals surface area contributed by atoms with E-state index in [4.69, 9.17) is 0 Å². The van der Waals surface area contributed by atoms with Crippen LogP contribution in [-0.2, 0) is 0 Å². The van der Waals surface area contributed by atoms with E-state index < -0.39 is 12.1 Å². The molecule has 0 unspecified atom stereocenters. The van der Waals surface area contributed by atoms with Gasteiger partial charge in [-0.05, 0) is 12.3 Å². The van der Waals surface area contributed by atoms with Crippen molar-refractivity contribution in [1.82, 2.24) is 0 Å². The molecule has 0 radical (unpaired) electrons. The molecule has 1 aliphatic heterocycles. The lowest BCUT2D eigenvalue weighted by atomic mass is 10.0. The van der Waals surface area contributed by atoms with Gasteiger partial charge in [-0.15, -0.1) is 11.8 Å². The Balaban J connectivity index is 2.59. The van der Waals surface area contributed by atoms with Crippen LogP contribution in [0, 0.1) is 16.0 Å². The maximum atomic E-state index is 10.6. The van der Waals surface area contributed by atoms with Gasteiger partial charge in [0, 0.05) is 10.7 Å². The molecule has 0 aromatic rings. The minimum Gasteiger partial charge on any atom is -0.385 e. The fraction of sp³-hybridized carbons (Fsp3) is 1.00. The lowest BCUT2D eigenvalue weighted by Crippen LogP contribution is -2.37. The van der Waals surface area contributed by atoms with E-state index in [0.29, 0.717) is 11.7 Å². The smallest absolute Gasteiger partial charge is 0.251 e. The second kappa shape index (κ2) is 4.28. The molecule has 1 saturated heterocycles. The van der Waals surface area contributed by atoms with Crippen molar-refractivity contribution in [3.05, 3.63) is 10.1 Å². The van der Waals surface area contributed by atoms with Crippen LogP contribution in [0.5, 0.6) is 0 Å². The summed E-state index contributed by atoms with van der Waals surface area (Å²) in [5.74, 6) is 0.952. The first-order valence-corrected chi connectivity index (χ1v) is 5.50. The number of hydrogen-bond acceptors (Lipinski definition) is 4. The summed E-state index contributed by atoms with van der Waals surface area (Å²) >= 11 is 1.52. The molecule has 0 bridgehead atoms. The quantitative estimate of drug-likeness (QED) is 0.554. The Bertz CT molecular complexity index is 198. The average Bonchev–Trinajstić information content (AvgIpc) is 2.30. The Morgan fingerprint density at radius 2 is 2.31 bits per heavy atom. The van der Waals surface area contributed by atoms with Crippen LogP contribution in [-0.4, -0.2) is 33.2 Å². The van der Waals surface area contributed by atoms with E-state index in [0.717, 1.165) is 6.42 Å². The maximum Gasteiger partial charge on any atom is 0.251 e. The van der Waals surface area contributed by atoms with Crippen molar-refractivity contribution in [1.29, 1.82) is 0 Å². The topological polar surface area (TPSA) is 63.4 Å². The Kier molecular flexibility index (Phi) is 3.55. The molecule has 1 heterocycles. The zero-order valence-corrected chi connectivity index (χ0v) is 8.66. The summed E-state index contributed by atoms with van der Waals surface area (Å²) in [7, 11) is 0. The molecule has 5 heteroatoms. The molecule has 1 fully saturated rings. The largest absolute Gasteiger partial charge is 0.385 e. The highest BCUT2D eigenvalue weighted by molar-refractivity contribution is 8.00. The van der Waals surface area contributed by atoms with Gasteiger partial charge in [-0.2, -0.15) is 0 Å². The minimum atomic E-state index is -0.760. The van der Waals surface area contributed by atoms with E-state index in [1.54, 1.807) is 0 Å². The number of hydrogen-bond donors (Lipinski definition) is 1. The molecule has 4 nitrogen and oxygen atoms in total. The van der Waals surface area contributed by atoms with Gasteiger partial charge >= 0.3 is 0 Å². The molecular formula is C8H15NO3S. The van der Waals surface area contributed by atoms with Gasteiger partial charge in [0.05, 0.1) is 5.25 Å². The third kappa shape index (κ3) is 2.57. The van der Waals surface area contributed by atoms with Crippen LogP contribution in [0.15, 0.2) is 0 Å². The number of rotatable bonds is 3. The highest BCUT2D eigenvalue weighted by Crippen LogP contribution is 2.33. The molecule has 76 valence electrons. The van der Waals surface area contributed by atoms with Crippen molar-refractivity contribution in [2.24, 2.45) is 5.92 Å².